The summed E-state index contributed by atoms with van der Waals surface area (Å²) in [4.78, 5) is 58.3. The first-order valence-electron chi connectivity index (χ1n) is 8.82. The standard InChI is InChI=1S/C17H21N5O7/c18-14(23)5-3-12-17(26)20-9-15(24)19-6-1-7-29-13-4-2-10(22(27)28)8-11(13)16(25)21-12/h2,4,8,12H,1,3,5-7,9H2,(H2,18,23)(H,19,24)(H,20,26)(H,21,25)/t12-/m0/s1. The molecule has 5 N–H and O–H groups in total. The molecule has 0 aromatic heterocycles. The van der Waals surface area contributed by atoms with Gasteiger partial charge in [-0.05, 0) is 18.9 Å². The summed E-state index contributed by atoms with van der Waals surface area (Å²) < 4.78 is 5.52. The van der Waals surface area contributed by atoms with Gasteiger partial charge in [-0.25, -0.2) is 0 Å². The minimum Gasteiger partial charge on any atom is -0.493 e. The number of nitro groups is 1. The Morgan fingerprint density at radius 3 is 2.72 bits per heavy atom. The lowest BCUT2D eigenvalue weighted by Crippen LogP contribution is -2.49. The normalized spacial score (nSPS) is 18.2. The summed E-state index contributed by atoms with van der Waals surface area (Å²) in [5, 5.41) is 18.4. The average molecular weight is 407 g/mol. The van der Waals surface area contributed by atoms with E-state index in [4.69, 9.17) is 10.5 Å². The van der Waals surface area contributed by atoms with Gasteiger partial charge >= 0.3 is 0 Å². The monoisotopic (exact) mass is 407 g/mol. The molecule has 1 aromatic carbocycles. The fourth-order valence-electron chi connectivity index (χ4n) is 2.56. The van der Waals surface area contributed by atoms with Crippen LogP contribution in [0.2, 0.25) is 0 Å². The van der Waals surface area contributed by atoms with Crippen molar-refractivity contribution in [1.82, 2.24) is 16.0 Å². The van der Waals surface area contributed by atoms with E-state index in [0.717, 1.165) is 6.07 Å². The van der Waals surface area contributed by atoms with Crippen LogP contribution in [0.15, 0.2) is 18.2 Å². The first kappa shape index (κ1) is 21.6. The molecule has 0 saturated carbocycles. The first-order valence-corrected chi connectivity index (χ1v) is 8.82. The van der Waals surface area contributed by atoms with Crippen molar-refractivity contribution in [2.75, 3.05) is 19.7 Å². The van der Waals surface area contributed by atoms with Gasteiger partial charge in [-0.1, -0.05) is 0 Å². The van der Waals surface area contributed by atoms with Gasteiger partial charge in [0.2, 0.25) is 17.7 Å². The van der Waals surface area contributed by atoms with Crippen molar-refractivity contribution in [1.29, 1.82) is 0 Å². The molecule has 29 heavy (non-hydrogen) atoms. The molecule has 1 heterocycles. The predicted molar refractivity (Wildman–Crippen MR) is 98.9 cm³/mol. The summed E-state index contributed by atoms with van der Waals surface area (Å²) >= 11 is 0. The lowest BCUT2D eigenvalue weighted by atomic mass is 10.1. The predicted octanol–water partition coefficient (Wildman–Crippen LogP) is -1.03. The summed E-state index contributed by atoms with van der Waals surface area (Å²) in [6.45, 7) is 0.106. The van der Waals surface area contributed by atoms with Gasteiger partial charge in [0, 0.05) is 25.1 Å². The molecule has 4 amide bonds. The van der Waals surface area contributed by atoms with E-state index in [-0.39, 0.29) is 49.5 Å². The molecule has 12 nitrogen and oxygen atoms in total. The lowest BCUT2D eigenvalue weighted by molar-refractivity contribution is -0.384. The maximum atomic E-state index is 12.7. The first-order chi connectivity index (χ1) is 13.8. The highest BCUT2D eigenvalue weighted by atomic mass is 16.6. The highest BCUT2D eigenvalue weighted by Crippen LogP contribution is 2.24. The van der Waals surface area contributed by atoms with Gasteiger partial charge < -0.3 is 26.4 Å². The third kappa shape index (κ3) is 6.45. The summed E-state index contributed by atoms with van der Waals surface area (Å²) in [7, 11) is 0. The van der Waals surface area contributed by atoms with Crippen molar-refractivity contribution in [2.24, 2.45) is 5.73 Å². The Morgan fingerprint density at radius 1 is 1.28 bits per heavy atom. The molecule has 1 aliphatic heterocycles. The second-order valence-electron chi connectivity index (χ2n) is 6.24. The zero-order valence-corrected chi connectivity index (χ0v) is 15.4. The molecule has 0 unspecified atom stereocenters. The highest BCUT2D eigenvalue weighted by molar-refractivity contribution is 6.00. The van der Waals surface area contributed by atoms with Crippen molar-refractivity contribution in [3.63, 3.8) is 0 Å². The number of fused-ring (bicyclic) bond motifs is 1. The molecule has 0 aliphatic carbocycles. The SMILES string of the molecule is NC(=O)CC[C@@H]1NC(=O)c2cc([N+](=O)[O-])ccc2OCCCNC(=O)CNC1=O. The number of amides is 4. The maximum Gasteiger partial charge on any atom is 0.270 e. The summed E-state index contributed by atoms with van der Waals surface area (Å²) in [5.41, 5.74) is 4.66. The minimum absolute atomic E-state index is 0.0885. The fourth-order valence-corrected chi connectivity index (χ4v) is 2.56. The van der Waals surface area contributed by atoms with Crippen LogP contribution < -0.4 is 26.4 Å². The molecule has 2 rings (SSSR count). The van der Waals surface area contributed by atoms with E-state index < -0.39 is 34.6 Å². The van der Waals surface area contributed by atoms with Crippen molar-refractivity contribution in [3.8, 4) is 5.75 Å². The van der Waals surface area contributed by atoms with Gasteiger partial charge in [0.25, 0.3) is 11.6 Å². The molecule has 156 valence electrons. The van der Waals surface area contributed by atoms with E-state index in [9.17, 15) is 29.3 Å². The third-order valence-electron chi connectivity index (χ3n) is 4.04. The van der Waals surface area contributed by atoms with E-state index in [1.807, 2.05) is 0 Å². The zero-order chi connectivity index (χ0) is 21.4. The van der Waals surface area contributed by atoms with Crippen molar-refractivity contribution < 1.29 is 28.8 Å². The van der Waals surface area contributed by atoms with E-state index in [2.05, 4.69) is 16.0 Å². The Morgan fingerprint density at radius 2 is 2.03 bits per heavy atom. The quantitative estimate of drug-likeness (QED) is 0.363. The molecule has 0 bridgehead atoms. The Labute approximate surface area is 165 Å². The van der Waals surface area contributed by atoms with Crippen molar-refractivity contribution >= 4 is 29.3 Å². The second kappa shape index (κ2) is 10.0. The summed E-state index contributed by atoms with van der Waals surface area (Å²) in [6.07, 6.45) is 0.113. The number of nitro benzene ring substituents is 1. The summed E-state index contributed by atoms with van der Waals surface area (Å²) in [5.74, 6) is -2.50. The van der Waals surface area contributed by atoms with Crippen LogP contribution >= 0.6 is 0 Å². The van der Waals surface area contributed by atoms with Gasteiger partial charge in [-0.15, -0.1) is 0 Å². The largest absolute Gasteiger partial charge is 0.493 e. The Bertz CT molecular complexity index is 826. The number of ether oxygens (including phenoxy) is 1. The van der Waals surface area contributed by atoms with Crippen LogP contribution in [0.3, 0.4) is 0 Å². The topological polar surface area (TPSA) is 183 Å². The number of rotatable bonds is 4. The molecule has 1 aromatic rings. The number of nitrogens with one attached hydrogen (secondary N) is 3. The van der Waals surface area contributed by atoms with Crippen LogP contribution in [0.1, 0.15) is 29.6 Å². The van der Waals surface area contributed by atoms with Gasteiger partial charge in [0.05, 0.1) is 23.6 Å². The molecule has 0 spiro atoms. The fraction of sp³-hybridized carbons (Fsp3) is 0.412. The molecule has 1 aliphatic rings. The van der Waals surface area contributed by atoms with Crippen LogP contribution in [0, 0.1) is 10.1 Å². The summed E-state index contributed by atoms with van der Waals surface area (Å²) in [6, 6.07) is 2.34. The second-order valence-corrected chi connectivity index (χ2v) is 6.24. The molecule has 0 fully saturated rings. The van der Waals surface area contributed by atoms with E-state index >= 15 is 0 Å². The van der Waals surface area contributed by atoms with E-state index in [0.29, 0.717) is 6.42 Å². The number of benzene rings is 1. The number of primary amides is 1. The van der Waals surface area contributed by atoms with Crippen LogP contribution in [0.25, 0.3) is 0 Å². The van der Waals surface area contributed by atoms with Gasteiger partial charge in [-0.3, -0.25) is 29.3 Å². The Balaban J connectivity index is 2.34. The van der Waals surface area contributed by atoms with Crippen LogP contribution in [0.5, 0.6) is 5.75 Å². The number of non-ortho nitro benzene ring substituents is 1. The van der Waals surface area contributed by atoms with E-state index in [1.165, 1.54) is 12.1 Å². The zero-order valence-electron chi connectivity index (χ0n) is 15.4. The van der Waals surface area contributed by atoms with Crippen LogP contribution in [-0.4, -0.2) is 54.3 Å². The molecular weight excluding hydrogens is 386 g/mol. The number of hydrogen-bond acceptors (Lipinski definition) is 7. The third-order valence-corrected chi connectivity index (χ3v) is 4.04. The van der Waals surface area contributed by atoms with Crippen LogP contribution in [-0.2, 0) is 14.4 Å². The molecular formula is C17H21N5O7. The molecule has 0 radical (unpaired) electrons. The maximum absolute atomic E-state index is 12.7. The number of carbonyl (C=O) groups excluding carboxylic acids is 4. The minimum atomic E-state index is -1.18. The number of nitrogens with zero attached hydrogens (tertiary/aromatic N) is 1. The van der Waals surface area contributed by atoms with Crippen molar-refractivity contribution in [2.45, 2.75) is 25.3 Å². The smallest absolute Gasteiger partial charge is 0.270 e. The molecule has 1 atom stereocenters. The number of nitrogens with two attached hydrogens (primary N) is 1. The Kier molecular flexibility index (Phi) is 7.46. The molecule has 12 heteroatoms. The Hall–Kier alpha value is -3.70. The lowest BCUT2D eigenvalue weighted by Gasteiger charge is -2.19. The van der Waals surface area contributed by atoms with Crippen molar-refractivity contribution in [3.05, 3.63) is 33.9 Å². The average Bonchev–Trinajstić information content (AvgIpc) is 2.67. The van der Waals surface area contributed by atoms with E-state index in [1.54, 1.807) is 0 Å². The van der Waals surface area contributed by atoms with Gasteiger partial charge in [-0.2, -0.15) is 0 Å². The highest BCUT2D eigenvalue weighted by Gasteiger charge is 2.25. The number of hydrogen-bond donors (Lipinski definition) is 4. The van der Waals surface area contributed by atoms with Crippen LogP contribution in [0.4, 0.5) is 5.69 Å². The number of carbonyl (C=O) groups is 4. The van der Waals surface area contributed by atoms with Gasteiger partial charge in [0.15, 0.2) is 0 Å². The molecule has 0 saturated heterocycles. The van der Waals surface area contributed by atoms with Gasteiger partial charge in [0.1, 0.15) is 11.8 Å².